The summed E-state index contributed by atoms with van der Waals surface area (Å²) in [6.07, 6.45) is -55.6. The van der Waals surface area contributed by atoms with Crippen molar-refractivity contribution in [3.63, 3.8) is 0 Å². The maximum Gasteiger partial charge on any atom is 0.187 e. The molecule has 28 heteroatoms. The van der Waals surface area contributed by atoms with Crippen molar-refractivity contribution in [1.82, 2.24) is 0 Å². The van der Waals surface area contributed by atoms with Crippen LogP contribution in [0.5, 0.6) is 0 Å². The van der Waals surface area contributed by atoms with Crippen LogP contribution in [0.1, 0.15) is 48.5 Å². The third-order valence-electron chi connectivity index (χ3n) is 14.5. The fourth-order valence-electron chi connectivity index (χ4n) is 10.2. The lowest BCUT2D eigenvalue weighted by Gasteiger charge is -2.49. The molecule has 21 aliphatic rings. The Morgan fingerprint density at radius 2 is 0.257 bits per heavy atom. The van der Waals surface area contributed by atoms with Gasteiger partial charge in [-0.25, -0.2) is 0 Å². The van der Waals surface area contributed by atoms with Crippen LogP contribution >= 0.6 is 0 Å². The molecule has 0 aliphatic carbocycles. The van der Waals surface area contributed by atoms with Crippen LogP contribution in [0.2, 0.25) is 0 Å². The molecule has 0 spiro atoms. The molecule has 0 saturated carbocycles. The van der Waals surface area contributed by atoms with Gasteiger partial charge in [0.05, 0.1) is 42.7 Å². The molecule has 21 heterocycles. The van der Waals surface area contributed by atoms with Gasteiger partial charge in [-0.3, -0.25) is 0 Å². The Balaban J connectivity index is 1.02. The van der Waals surface area contributed by atoms with Crippen LogP contribution in [-0.2, 0) is 66.3 Å². The van der Waals surface area contributed by atoms with E-state index in [1.54, 1.807) is 0 Å². The van der Waals surface area contributed by atoms with Gasteiger partial charge in [0.1, 0.15) is 128 Å². The van der Waals surface area contributed by atoms with Crippen LogP contribution < -0.4 is 0 Å². The van der Waals surface area contributed by atoms with E-state index in [1.165, 1.54) is 48.5 Å². The molecule has 0 unspecified atom stereocenters. The Kier molecular flexibility index (Phi) is 17.2. The first-order valence-corrected chi connectivity index (χ1v) is 23.6. The van der Waals surface area contributed by atoms with E-state index in [1.807, 2.05) is 0 Å². The van der Waals surface area contributed by atoms with Gasteiger partial charge in [-0.05, 0) is 48.5 Å². The minimum Gasteiger partial charge on any atom is -0.387 e. The summed E-state index contributed by atoms with van der Waals surface area (Å²) < 4.78 is 82.0. The van der Waals surface area contributed by atoms with E-state index in [0.717, 1.165) is 0 Å². The van der Waals surface area contributed by atoms with Crippen molar-refractivity contribution in [2.75, 3.05) is 0 Å². The predicted octanol–water partition coefficient (Wildman–Crippen LogP) is -8.04. The fraction of sp³-hybridized carbons (Fsp3) is 1.00. The summed E-state index contributed by atoms with van der Waals surface area (Å²) in [5.74, 6) is 0. The first kappa shape index (κ1) is 55.1. The van der Waals surface area contributed by atoms with E-state index in [0.29, 0.717) is 0 Å². The SMILES string of the molecule is C[C@@H]1O[C@H]2O[C@H]3[C@H](O)[C@@H](O)[C@@H](O[C@H]4[C@@H](O)[C@H](O)[C@H](O[C@H]5[C@@H](O)[C@H](O)[C@H](O[C@H]6[C@H](O)[C@@H](O)[C@H](O[C@H]7[C@H](O)[C@@H](O)[C@H](O[C@H]8[C@H](O)[C@@H](O)[C@H](O[C@H]1[C@H](O)[C@H]2O)O[C@@H]8C)O[C@@H]7C)O[C@@H]6C)O[C@@H]5C)O[C@@H]4C)O[C@@H]3C. The number of rotatable bonds is 0. The van der Waals surface area contributed by atoms with Crippen molar-refractivity contribution < 1.29 is 138 Å². The summed E-state index contributed by atoms with van der Waals surface area (Å²) in [4.78, 5) is 0. The van der Waals surface area contributed by atoms with Crippen molar-refractivity contribution in [1.29, 1.82) is 0 Å². The highest BCUT2D eigenvalue weighted by molar-refractivity contribution is 5.00. The Labute approximate surface area is 400 Å². The van der Waals surface area contributed by atoms with Gasteiger partial charge < -0.3 is 138 Å². The summed E-state index contributed by atoms with van der Waals surface area (Å²) in [6, 6.07) is 0. The minimum absolute atomic E-state index is 1.14. The molecular weight excluding hydrogens is 952 g/mol. The van der Waals surface area contributed by atoms with Crippen LogP contribution in [-0.4, -0.2) is 286 Å². The third-order valence-corrected chi connectivity index (χ3v) is 14.5. The molecule has 0 amide bonds. The fourth-order valence-corrected chi connectivity index (χ4v) is 10.2. The molecule has 0 aromatic rings. The van der Waals surface area contributed by atoms with E-state index < -0.39 is 215 Å². The van der Waals surface area contributed by atoms with E-state index in [4.69, 9.17) is 66.3 Å². The average molecular weight is 1020 g/mol. The normalized spacial score (nSPS) is 59.7. The lowest BCUT2D eigenvalue weighted by molar-refractivity contribution is -0.390. The second-order valence-corrected chi connectivity index (χ2v) is 19.5. The van der Waals surface area contributed by atoms with Gasteiger partial charge in [-0.2, -0.15) is 0 Å². The summed E-state index contributed by atoms with van der Waals surface area (Å²) in [5.41, 5.74) is 0. The number of hydrogen-bond donors (Lipinski definition) is 14. The highest BCUT2D eigenvalue weighted by Gasteiger charge is 2.58. The largest absolute Gasteiger partial charge is 0.387 e. The summed E-state index contributed by atoms with van der Waals surface area (Å²) in [6.45, 7) is 9.99. The molecule has 35 atom stereocenters. The van der Waals surface area contributed by atoms with Gasteiger partial charge >= 0.3 is 0 Å². The highest BCUT2D eigenvalue weighted by atomic mass is 16.8. The Morgan fingerprint density at radius 1 is 0.157 bits per heavy atom. The minimum atomic E-state index is -1.89. The molecule has 0 aromatic carbocycles. The van der Waals surface area contributed by atoms with Crippen LogP contribution in [0.3, 0.4) is 0 Å². The summed E-state index contributed by atoms with van der Waals surface area (Å²) in [7, 11) is 0. The lowest BCUT2D eigenvalue weighted by Crippen LogP contribution is -2.66. The standard InChI is InChI=1S/C42H70O28/c1-8-29-15(43)22(50)36(57-8)65-30-9(2)59-38(24(52)17(30)45)67-32-11(4)61-40(26(54)19(32)47)69-34-13(6)63-42(28(56)21(34)49)70-35-14(7)62-41(27(55)20(35)48)68-33-12(5)60-39(25(53)18(33)46)66-31-10(3)58-37(64-29)23(51)16(31)44/h8-56H,1-7H3/t8-,9-,10-,11-,12-,13-,14+,15+,16+,17-,18-,19-,20-,21-,22+,23+,24-,25-,26-,27-,28-,29-,30-,31-,32-,33-,34-,35-,36+,37+,38+,39-,40+,41+,42+/m1/s1. The molecule has 406 valence electrons. The Hall–Kier alpha value is -1.12. The first-order chi connectivity index (χ1) is 32.9. The average Bonchev–Trinajstić information content (AvgIpc) is 3.31. The van der Waals surface area contributed by atoms with E-state index in [9.17, 15) is 71.5 Å². The van der Waals surface area contributed by atoms with Crippen LogP contribution in [0.15, 0.2) is 0 Å². The molecular formula is C42H70O28. The summed E-state index contributed by atoms with van der Waals surface area (Å²) in [5, 5.41) is 157. The van der Waals surface area contributed by atoms with Crippen molar-refractivity contribution >= 4 is 0 Å². The molecule has 70 heavy (non-hydrogen) atoms. The zero-order chi connectivity index (χ0) is 51.1. The monoisotopic (exact) mass is 1020 g/mol. The van der Waals surface area contributed by atoms with Crippen molar-refractivity contribution in [3.8, 4) is 0 Å². The van der Waals surface area contributed by atoms with Crippen LogP contribution in [0.4, 0.5) is 0 Å². The van der Waals surface area contributed by atoms with E-state index >= 15 is 0 Å². The molecule has 21 rings (SSSR count). The van der Waals surface area contributed by atoms with E-state index in [-0.39, 0.29) is 0 Å². The van der Waals surface area contributed by atoms with Gasteiger partial charge in [0.2, 0.25) is 0 Å². The number of hydrogen-bond acceptors (Lipinski definition) is 28. The maximum atomic E-state index is 11.3. The van der Waals surface area contributed by atoms with Crippen LogP contribution in [0.25, 0.3) is 0 Å². The second kappa shape index (κ2) is 21.9. The quantitative estimate of drug-likeness (QED) is 0.107. The zero-order valence-electron chi connectivity index (χ0n) is 39.2. The third kappa shape index (κ3) is 10.4. The van der Waals surface area contributed by atoms with Crippen LogP contribution in [0, 0.1) is 0 Å². The van der Waals surface area contributed by atoms with E-state index in [2.05, 4.69) is 0 Å². The molecule has 14 bridgehead atoms. The Bertz CT molecular complexity index is 1370. The Morgan fingerprint density at radius 3 is 0.357 bits per heavy atom. The zero-order valence-corrected chi connectivity index (χ0v) is 39.2. The second-order valence-electron chi connectivity index (χ2n) is 19.5. The topological polar surface area (TPSA) is 412 Å². The molecule has 21 aliphatic heterocycles. The molecule has 28 nitrogen and oxygen atoms in total. The number of ether oxygens (including phenoxy) is 14. The lowest BCUT2D eigenvalue weighted by atomic mass is 9.96. The van der Waals surface area contributed by atoms with Gasteiger partial charge in [-0.1, -0.05) is 0 Å². The maximum absolute atomic E-state index is 11.3. The molecule has 0 aromatic heterocycles. The molecule has 0 radical (unpaired) electrons. The van der Waals surface area contributed by atoms with Gasteiger partial charge in [0, 0.05) is 0 Å². The smallest absolute Gasteiger partial charge is 0.187 e. The molecule has 21 fully saturated rings. The van der Waals surface area contributed by atoms with Gasteiger partial charge in [0.25, 0.3) is 0 Å². The van der Waals surface area contributed by atoms with Crippen molar-refractivity contribution in [2.24, 2.45) is 0 Å². The first-order valence-electron chi connectivity index (χ1n) is 23.6. The number of aliphatic hydroxyl groups is 14. The molecule has 21 saturated heterocycles. The summed E-state index contributed by atoms with van der Waals surface area (Å²) >= 11 is 0. The highest BCUT2D eigenvalue weighted by Crippen LogP contribution is 2.38. The van der Waals surface area contributed by atoms with Crippen molar-refractivity contribution in [3.05, 3.63) is 0 Å². The van der Waals surface area contributed by atoms with Crippen molar-refractivity contribution in [2.45, 2.75) is 263 Å². The number of aliphatic hydroxyl groups excluding tert-OH is 14. The van der Waals surface area contributed by atoms with Gasteiger partial charge in [0.15, 0.2) is 44.0 Å². The van der Waals surface area contributed by atoms with Gasteiger partial charge in [-0.15, -0.1) is 0 Å². The molecule has 14 N–H and O–H groups in total. The predicted molar refractivity (Wildman–Crippen MR) is 219 cm³/mol.